The average Bonchev–Trinajstić information content (AvgIpc) is 2.88. The van der Waals surface area contributed by atoms with Crippen molar-refractivity contribution in [3.8, 4) is 21.9 Å². The van der Waals surface area contributed by atoms with Crippen LogP contribution in [0.1, 0.15) is 6.92 Å². The molecule has 0 bridgehead atoms. The number of thiazole rings is 1. The van der Waals surface area contributed by atoms with Crippen molar-refractivity contribution in [1.29, 1.82) is 0 Å². The van der Waals surface area contributed by atoms with Gasteiger partial charge in [0.1, 0.15) is 13.2 Å². The summed E-state index contributed by atoms with van der Waals surface area (Å²) in [6.07, 6.45) is 1.88. The van der Waals surface area contributed by atoms with E-state index >= 15 is 0 Å². The lowest BCUT2D eigenvalue weighted by atomic mass is 10.2. The zero-order valence-electron chi connectivity index (χ0n) is 10.4. The van der Waals surface area contributed by atoms with Crippen LogP contribution in [0.25, 0.3) is 10.4 Å². The summed E-state index contributed by atoms with van der Waals surface area (Å²) < 4.78 is 12.1. The van der Waals surface area contributed by atoms with Crippen LogP contribution in [0, 0.1) is 0 Å². The van der Waals surface area contributed by atoms with Gasteiger partial charge in [-0.15, -0.1) is 0 Å². The minimum absolute atomic E-state index is 0.591. The van der Waals surface area contributed by atoms with Gasteiger partial charge >= 0.3 is 0 Å². The number of hydrogen-bond donors (Lipinski definition) is 1. The number of nitrogens with one attached hydrogen (secondary N) is 1. The molecule has 19 heavy (non-hydrogen) atoms. The summed E-state index contributed by atoms with van der Waals surface area (Å²) in [5, 5.41) is 4.15. The van der Waals surface area contributed by atoms with Crippen molar-refractivity contribution in [3.63, 3.8) is 0 Å². The Labute approximate surface area is 123 Å². The van der Waals surface area contributed by atoms with Crippen molar-refractivity contribution in [1.82, 2.24) is 4.98 Å². The summed E-state index contributed by atoms with van der Waals surface area (Å²) in [4.78, 5) is 5.45. The van der Waals surface area contributed by atoms with Crippen LogP contribution < -0.4 is 14.8 Å². The van der Waals surface area contributed by atoms with Gasteiger partial charge in [0.25, 0.3) is 0 Å². The van der Waals surface area contributed by atoms with Gasteiger partial charge in [-0.1, -0.05) is 11.3 Å². The molecule has 3 rings (SSSR count). The fraction of sp³-hybridized carbons (Fsp3) is 0.308. The number of fused-ring (bicyclic) bond motifs is 1. The van der Waals surface area contributed by atoms with Crippen LogP contribution in [0.3, 0.4) is 0 Å². The second-order valence-corrected chi connectivity index (χ2v) is 5.93. The topological polar surface area (TPSA) is 43.4 Å². The summed E-state index contributed by atoms with van der Waals surface area (Å²) in [6, 6.07) is 4.04. The maximum Gasteiger partial charge on any atom is 0.183 e. The van der Waals surface area contributed by atoms with Gasteiger partial charge in [0.05, 0.1) is 9.35 Å². The van der Waals surface area contributed by atoms with E-state index in [1.165, 1.54) is 0 Å². The van der Waals surface area contributed by atoms with Crippen LogP contribution in [0.5, 0.6) is 11.5 Å². The fourth-order valence-corrected chi connectivity index (χ4v) is 3.32. The number of rotatable bonds is 3. The van der Waals surface area contributed by atoms with E-state index in [9.17, 15) is 0 Å². The molecule has 1 aromatic heterocycles. The molecule has 1 aromatic carbocycles. The van der Waals surface area contributed by atoms with Gasteiger partial charge in [-0.25, -0.2) is 4.98 Å². The molecular formula is C13H13BrN2O2S. The molecule has 1 N–H and O–H groups in total. The highest BCUT2D eigenvalue weighted by atomic mass is 79.9. The second-order valence-electron chi connectivity index (χ2n) is 4.04. The minimum Gasteiger partial charge on any atom is -0.486 e. The predicted octanol–water partition coefficient (Wildman–Crippen LogP) is 3.78. The number of ether oxygens (including phenoxy) is 2. The Morgan fingerprint density at radius 3 is 3.05 bits per heavy atom. The number of nitrogens with zero attached hydrogens (tertiary/aromatic N) is 1. The van der Waals surface area contributed by atoms with Crippen LogP contribution >= 0.6 is 27.3 Å². The molecule has 0 saturated heterocycles. The molecule has 0 atom stereocenters. The van der Waals surface area contributed by atoms with Gasteiger partial charge in [0.2, 0.25) is 0 Å². The highest BCUT2D eigenvalue weighted by Gasteiger charge is 2.17. The molecule has 6 heteroatoms. The molecule has 100 valence electrons. The van der Waals surface area contributed by atoms with Gasteiger partial charge in [-0.05, 0) is 40.5 Å². The maximum absolute atomic E-state index is 5.63. The number of anilines is 1. The van der Waals surface area contributed by atoms with E-state index in [1.54, 1.807) is 11.3 Å². The summed E-state index contributed by atoms with van der Waals surface area (Å²) in [5.41, 5.74) is 1.08. The Morgan fingerprint density at radius 1 is 1.37 bits per heavy atom. The Bertz CT molecular complexity index is 600. The van der Waals surface area contributed by atoms with Crippen molar-refractivity contribution in [2.45, 2.75) is 6.92 Å². The van der Waals surface area contributed by atoms with Crippen molar-refractivity contribution >= 4 is 32.4 Å². The maximum atomic E-state index is 5.63. The lowest BCUT2D eigenvalue weighted by molar-refractivity contribution is 0.170. The first kappa shape index (κ1) is 12.7. The third-order valence-corrected chi connectivity index (χ3v) is 4.31. The second kappa shape index (κ2) is 5.38. The van der Waals surface area contributed by atoms with Crippen molar-refractivity contribution in [2.75, 3.05) is 25.1 Å². The van der Waals surface area contributed by atoms with Gasteiger partial charge in [-0.3, -0.25) is 0 Å². The highest BCUT2D eigenvalue weighted by Crippen LogP contribution is 2.42. The number of hydrogen-bond acceptors (Lipinski definition) is 5. The van der Waals surface area contributed by atoms with Crippen molar-refractivity contribution < 1.29 is 9.47 Å². The Hall–Kier alpha value is -1.27. The molecule has 0 unspecified atom stereocenters. The first-order chi connectivity index (χ1) is 9.28. The SMILES string of the molecule is CCNc1ncc(-c2cc(Br)c3c(c2)OCCO3)s1. The van der Waals surface area contributed by atoms with Gasteiger partial charge < -0.3 is 14.8 Å². The summed E-state index contributed by atoms with van der Waals surface area (Å²) in [6.45, 7) is 4.11. The van der Waals surface area contributed by atoms with Crippen LogP contribution in [0.4, 0.5) is 5.13 Å². The number of aromatic nitrogens is 1. The van der Waals surface area contributed by atoms with E-state index in [1.807, 2.05) is 18.3 Å². The molecule has 0 fully saturated rings. The van der Waals surface area contributed by atoms with E-state index < -0.39 is 0 Å². The Balaban J connectivity index is 1.97. The molecule has 4 nitrogen and oxygen atoms in total. The standard InChI is InChI=1S/C13H13BrN2O2S/c1-2-15-13-16-7-11(19-13)8-5-9(14)12-10(6-8)17-3-4-18-12/h5-7H,2-4H2,1H3,(H,15,16). The van der Waals surface area contributed by atoms with Crippen molar-refractivity contribution in [2.24, 2.45) is 0 Å². The summed E-state index contributed by atoms with van der Waals surface area (Å²) in [5.74, 6) is 1.57. The first-order valence-corrected chi connectivity index (χ1v) is 7.68. The summed E-state index contributed by atoms with van der Waals surface area (Å²) >= 11 is 5.16. The Kier molecular flexibility index (Phi) is 3.61. The lowest BCUT2D eigenvalue weighted by Gasteiger charge is -2.20. The molecule has 0 saturated carbocycles. The van der Waals surface area contributed by atoms with Crippen molar-refractivity contribution in [3.05, 3.63) is 22.8 Å². The average molecular weight is 341 g/mol. The molecule has 1 aliphatic heterocycles. The van der Waals surface area contributed by atoms with E-state index in [0.29, 0.717) is 13.2 Å². The normalized spacial score (nSPS) is 13.4. The molecule has 0 amide bonds. The quantitative estimate of drug-likeness (QED) is 0.923. The van der Waals surface area contributed by atoms with E-state index in [0.717, 1.165) is 38.1 Å². The van der Waals surface area contributed by atoms with E-state index in [4.69, 9.17) is 9.47 Å². The van der Waals surface area contributed by atoms with E-state index in [2.05, 4.69) is 33.2 Å². The third kappa shape index (κ3) is 2.55. The molecule has 0 spiro atoms. The highest BCUT2D eigenvalue weighted by molar-refractivity contribution is 9.10. The first-order valence-electron chi connectivity index (χ1n) is 6.07. The largest absolute Gasteiger partial charge is 0.486 e. The fourth-order valence-electron chi connectivity index (χ4n) is 1.89. The minimum atomic E-state index is 0.591. The zero-order chi connectivity index (χ0) is 13.2. The van der Waals surface area contributed by atoms with Crippen LogP contribution in [0.2, 0.25) is 0 Å². The molecule has 2 heterocycles. The van der Waals surface area contributed by atoms with Gasteiger partial charge in [0, 0.05) is 12.7 Å². The van der Waals surface area contributed by atoms with E-state index in [-0.39, 0.29) is 0 Å². The molecule has 0 radical (unpaired) electrons. The predicted molar refractivity (Wildman–Crippen MR) is 80.4 cm³/mol. The molecule has 2 aromatic rings. The molecule has 1 aliphatic rings. The summed E-state index contributed by atoms with van der Waals surface area (Å²) in [7, 11) is 0. The Morgan fingerprint density at radius 2 is 2.21 bits per heavy atom. The third-order valence-electron chi connectivity index (χ3n) is 2.72. The monoisotopic (exact) mass is 340 g/mol. The number of benzene rings is 1. The molecular weight excluding hydrogens is 328 g/mol. The smallest absolute Gasteiger partial charge is 0.183 e. The van der Waals surface area contributed by atoms with Crippen LogP contribution in [-0.2, 0) is 0 Å². The van der Waals surface area contributed by atoms with Crippen LogP contribution in [-0.4, -0.2) is 24.7 Å². The number of halogens is 1. The van der Waals surface area contributed by atoms with Gasteiger partial charge in [-0.2, -0.15) is 0 Å². The lowest BCUT2D eigenvalue weighted by Crippen LogP contribution is -2.15. The molecule has 0 aliphatic carbocycles. The zero-order valence-corrected chi connectivity index (χ0v) is 12.8. The van der Waals surface area contributed by atoms with Gasteiger partial charge in [0.15, 0.2) is 16.6 Å². The van der Waals surface area contributed by atoms with Crippen LogP contribution in [0.15, 0.2) is 22.8 Å².